The summed E-state index contributed by atoms with van der Waals surface area (Å²) in [5, 5.41) is 4.00. The van der Waals surface area contributed by atoms with E-state index in [2.05, 4.69) is 9.97 Å². The Kier molecular flexibility index (Phi) is 5.81. The predicted octanol–water partition coefficient (Wildman–Crippen LogP) is 1.80. The Labute approximate surface area is 206 Å². The van der Waals surface area contributed by atoms with E-state index in [1.54, 1.807) is 6.20 Å². The molecular formula is C23H21F4N5O5. The topological polar surface area (TPSA) is 133 Å². The minimum Gasteiger partial charge on any atom is -0.362 e. The molecule has 0 bridgehead atoms. The lowest BCUT2D eigenvalue weighted by molar-refractivity contribution is -0.242. The number of carbonyl (C=O) groups excluding carboxylic acids is 4. The first-order chi connectivity index (χ1) is 17.4. The number of alkyl halides is 3. The molecule has 3 aliphatic heterocycles. The lowest BCUT2D eigenvalue weighted by Gasteiger charge is -2.55. The van der Waals surface area contributed by atoms with Crippen molar-refractivity contribution >= 4 is 29.3 Å². The average Bonchev–Trinajstić information content (AvgIpc) is 3.33. The number of aryl methyl sites for hydroxylation is 1. The summed E-state index contributed by atoms with van der Waals surface area (Å²) in [5.41, 5.74) is -2.44. The van der Waals surface area contributed by atoms with Crippen molar-refractivity contribution in [1.29, 1.82) is 0 Å². The number of rotatable bonds is 4. The molecule has 3 aliphatic rings. The molecular weight excluding hydrogens is 502 g/mol. The molecule has 0 aliphatic carbocycles. The molecule has 4 heterocycles. The molecule has 2 saturated heterocycles. The third-order valence-corrected chi connectivity index (χ3v) is 7.02. The summed E-state index contributed by atoms with van der Waals surface area (Å²) < 4.78 is 61.7. The number of halogens is 4. The van der Waals surface area contributed by atoms with Crippen molar-refractivity contribution in [1.82, 2.24) is 20.6 Å². The summed E-state index contributed by atoms with van der Waals surface area (Å²) in [7, 11) is 0. The molecule has 1 aromatic heterocycles. The smallest absolute Gasteiger partial charge is 0.362 e. The first-order valence-electron chi connectivity index (χ1n) is 11.4. The molecule has 196 valence electrons. The Balaban J connectivity index is 1.59. The molecule has 3 atom stereocenters. The molecule has 2 aromatic rings. The van der Waals surface area contributed by atoms with Gasteiger partial charge in [-0.15, -0.1) is 0 Å². The minimum atomic E-state index is -4.81. The van der Waals surface area contributed by atoms with E-state index in [0.29, 0.717) is 5.82 Å². The second-order valence-electron chi connectivity index (χ2n) is 9.28. The van der Waals surface area contributed by atoms with Crippen LogP contribution in [-0.4, -0.2) is 64.6 Å². The number of H-pyrrole nitrogens is 1. The number of hydrogen-bond donors (Lipinski definition) is 3. The molecule has 0 radical (unpaired) electrons. The van der Waals surface area contributed by atoms with Crippen molar-refractivity contribution in [3.05, 3.63) is 47.3 Å². The highest BCUT2D eigenvalue weighted by Crippen LogP contribution is 2.49. The van der Waals surface area contributed by atoms with Crippen LogP contribution in [0.1, 0.15) is 35.1 Å². The third-order valence-electron chi connectivity index (χ3n) is 7.02. The van der Waals surface area contributed by atoms with E-state index >= 15 is 4.39 Å². The number of amides is 4. The van der Waals surface area contributed by atoms with Gasteiger partial charge in [-0.1, -0.05) is 0 Å². The van der Waals surface area contributed by atoms with E-state index in [9.17, 15) is 32.3 Å². The fourth-order valence-corrected chi connectivity index (χ4v) is 5.48. The van der Waals surface area contributed by atoms with Crippen LogP contribution in [0.15, 0.2) is 24.5 Å². The fraction of sp³-hybridized carbons (Fsp3) is 0.435. The van der Waals surface area contributed by atoms with Gasteiger partial charge in [-0.3, -0.25) is 25.0 Å². The number of hydrogen-bond acceptors (Lipinski definition) is 7. The summed E-state index contributed by atoms with van der Waals surface area (Å²) in [5.74, 6) is -2.99. The highest BCUT2D eigenvalue weighted by molar-refractivity contribution is 6.20. The van der Waals surface area contributed by atoms with Crippen molar-refractivity contribution < 1.29 is 41.5 Å². The van der Waals surface area contributed by atoms with Gasteiger partial charge in [0.1, 0.15) is 11.6 Å². The van der Waals surface area contributed by atoms with Gasteiger partial charge >= 0.3 is 12.2 Å². The van der Waals surface area contributed by atoms with Crippen molar-refractivity contribution in [2.24, 2.45) is 5.41 Å². The zero-order valence-corrected chi connectivity index (χ0v) is 19.3. The van der Waals surface area contributed by atoms with Gasteiger partial charge in [-0.2, -0.15) is 13.2 Å². The van der Waals surface area contributed by atoms with E-state index in [4.69, 9.17) is 4.74 Å². The molecule has 10 nitrogen and oxygen atoms in total. The maximum atomic E-state index is 15.5. The van der Waals surface area contributed by atoms with Crippen LogP contribution in [0.2, 0.25) is 0 Å². The highest BCUT2D eigenvalue weighted by atomic mass is 19.4. The van der Waals surface area contributed by atoms with E-state index in [1.807, 2.05) is 10.6 Å². The van der Waals surface area contributed by atoms with Crippen LogP contribution in [0, 0.1) is 11.2 Å². The van der Waals surface area contributed by atoms with Crippen molar-refractivity contribution in [2.75, 3.05) is 11.4 Å². The summed E-state index contributed by atoms with van der Waals surface area (Å²) in [6, 6.07) is -0.225. The molecule has 1 spiro atoms. The van der Waals surface area contributed by atoms with Gasteiger partial charge < -0.3 is 14.6 Å². The Morgan fingerprint density at radius 1 is 1.22 bits per heavy atom. The maximum Gasteiger partial charge on any atom is 0.416 e. The molecule has 3 N–H and O–H groups in total. The predicted molar refractivity (Wildman–Crippen MR) is 117 cm³/mol. The molecule has 4 amide bonds. The number of ketones is 1. The maximum absolute atomic E-state index is 15.5. The number of nitrogens with one attached hydrogen (secondary N) is 3. The number of benzene rings is 1. The number of urea groups is 1. The van der Waals surface area contributed by atoms with E-state index in [1.165, 1.54) is 19.2 Å². The van der Waals surface area contributed by atoms with Gasteiger partial charge in [0.2, 0.25) is 11.8 Å². The Hall–Kier alpha value is -3.81. The first kappa shape index (κ1) is 24.9. The quantitative estimate of drug-likeness (QED) is 0.316. The van der Waals surface area contributed by atoms with Crippen LogP contribution >= 0.6 is 0 Å². The minimum absolute atomic E-state index is 0.00716. The van der Waals surface area contributed by atoms with Gasteiger partial charge in [0.15, 0.2) is 17.3 Å². The van der Waals surface area contributed by atoms with Gasteiger partial charge in [-0.05, 0) is 24.6 Å². The molecule has 1 aromatic carbocycles. The number of anilines is 1. The number of aromatic amines is 1. The largest absolute Gasteiger partial charge is 0.416 e. The number of Topliss-reactive ketones (excluding diaryl/α,β-unsaturated/α-hetero) is 1. The van der Waals surface area contributed by atoms with Crippen molar-refractivity contribution in [3.63, 3.8) is 0 Å². The second-order valence-corrected chi connectivity index (χ2v) is 9.28. The van der Waals surface area contributed by atoms with Gasteiger partial charge in [-0.25, -0.2) is 14.2 Å². The monoisotopic (exact) mass is 523 g/mol. The van der Waals surface area contributed by atoms with E-state index < -0.39 is 72.3 Å². The van der Waals surface area contributed by atoms with E-state index in [0.717, 1.165) is 11.0 Å². The van der Waals surface area contributed by atoms with Crippen LogP contribution in [0.4, 0.5) is 28.0 Å². The van der Waals surface area contributed by atoms with Crippen LogP contribution in [-0.2, 0) is 27.2 Å². The third kappa shape index (κ3) is 4.04. The molecule has 14 heteroatoms. The highest BCUT2D eigenvalue weighted by Gasteiger charge is 2.65. The lowest BCUT2D eigenvalue weighted by Crippen LogP contribution is -2.76. The molecule has 5 rings (SSSR count). The van der Waals surface area contributed by atoms with Crippen LogP contribution in [0.5, 0.6) is 0 Å². The second kappa shape index (κ2) is 8.64. The Bertz CT molecular complexity index is 1280. The summed E-state index contributed by atoms with van der Waals surface area (Å²) >= 11 is 0. The summed E-state index contributed by atoms with van der Waals surface area (Å²) in [4.78, 5) is 58.8. The zero-order chi connectivity index (χ0) is 26.7. The Morgan fingerprint density at radius 2 is 1.92 bits per heavy atom. The van der Waals surface area contributed by atoms with E-state index in [-0.39, 0.29) is 29.7 Å². The van der Waals surface area contributed by atoms with Gasteiger partial charge in [0, 0.05) is 37.2 Å². The number of nitrogens with zero attached hydrogens (tertiary/aromatic N) is 2. The number of ether oxygens (including phenoxy) is 1. The van der Waals surface area contributed by atoms with Crippen LogP contribution < -0.4 is 15.5 Å². The lowest BCUT2D eigenvalue weighted by atomic mass is 9.66. The summed E-state index contributed by atoms with van der Waals surface area (Å²) in [6.07, 6.45) is -5.67. The van der Waals surface area contributed by atoms with Crippen molar-refractivity contribution in [3.8, 4) is 0 Å². The van der Waals surface area contributed by atoms with Crippen LogP contribution in [0.3, 0.4) is 0 Å². The van der Waals surface area contributed by atoms with Gasteiger partial charge in [0.25, 0.3) is 0 Å². The van der Waals surface area contributed by atoms with Crippen molar-refractivity contribution in [2.45, 2.75) is 50.6 Å². The number of carbonyl (C=O) groups is 4. The number of aromatic nitrogens is 2. The Morgan fingerprint density at radius 3 is 2.54 bits per heavy atom. The van der Waals surface area contributed by atoms with Crippen LogP contribution in [0.25, 0.3) is 0 Å². The zero-order valence-electron chi connectivity index (χ0n) is 19.3. The first-order valence-corrected chi connectivity index (χ1v) is 11.4. The number of fused-ring (bicyclic) bond motifs is 4. The SMILES string of the molecule is C[C@@H]1O[C@H](C(F)(F)F)CN2c3c(F)cc(C(=O)CCc4ncc[nH]4)cc3CC3(C(=O)NC(=O)NC3=O)[C@@H]12. The molecule has 2 fully saturated rings. The molecule has 0 unspecified atom stereocenters. The molecule has 37 heavy (non-hydrogen) atoms. The fourth-order valence-electron chi connectivity index (χ4n) is 5.48. The normalized spacial score (nSPS) is 24.8. The molecule has 0 saturated carbocycles. The summed E-state index contributed by atoms with van der Waals surface area (Å²) in [6.45, 7) is 0.355. The standard InChI is InChI=1S/C23H21F4N5O5/c1-10-18-22(19(34)30-21(36)31-20(22)35)8-12-6-11(14(33)2-3-16-28-4-5-29-16)7-13(24)17(12)32(18)9-15(37-10)23(25,26)27/h4-7,10,15,18H,2-3,8-9H2,1H3,(H,28,29)(H2,30,31,34,35,36)/t10-,15-,18+/m0/s1. The number of morpholine rings is 1. The average molecular weight is 523 g/mol. The number of barbiturate groups is 1. The number of imide groups is 2. The number of imidazole rings is 1. The van der Waals surface area contributed by atoms with Gasteiger partial charge in [0.05, 0.1) is 24.4 Å².